The van der Waals surface area contributed by atoms with Crippen LogP contribution in [0, 0.1) is 0 Å². The fraction of sp³-hybridized carbons (Fsp3) is 0.565. The highest BCUT2D eigenvalue weighted by molar-refractivity contribution is 7.98. The van der Waals surface area contributed by atoms with E-state index in [2.05, 4.69) is 16.0 Å². The lowest BCUT2D eigenvalue weighted by atomic mass is 10.0. The van der Waals surface area contributed by atoms with E-state index in [1.807, 2.05) is 12.3 Å². The molecule has 3 amide bonds. The minimum atomic E-state index is -1.21. The summed E-state index contributed by atoms with van der Waals surface area (Å²) in [6.45, 7) is -0.174. The van der Waals surface area contributed by atoms with Crippen LogP contribution >= 0.6 is 11.8 Å². The summed E-state index contributed by atoms with van der Waals surface area (Å²) >= 11 is 1.47. The van der Waals surface area contributed by atoms with Crippen LogP contribution in [0.5, 0.6) is 0 Å². The number of aliphatic hydroxyl groups excluding tert-OH is 1. The Morgan fingerprint density at radius 3 is 2.09 bits per heavy atom. The molecule has 0 spiro atoms. The van der Waals surface area contributed by atoms with Crippen molar-refractivity contribution in [2.24, 2.45) is 11.5 Å². The van der Waals surface area contributed by atoms with Gasteiger partial charge in [0.1, 0.15) is 24.2 Å². The second-order valence-electron chi connectivity index (χ2n) is 8.07. The van der Waals surface area contributed by atoms with E-state index >= 15 is 0 Å². The molecule has 35 heavy (non-hydrogen) atoms. The molecule has 1 aromatic carbocycles. The Balaban J connectivity index is 3.01. The number of unbranched alkanes of at least 4 members (excludes halogenated alkanes) is 1. The first-order chi connectivity index (χ1) is 16.7. The van der Waals surface area contributed by atoms with Crippen molar-refractivity contribution in [3.8, 4) is 0 Å². The maximum absolute atomic E-state index is 13.2. The molecule has 0 saturated carbocycles. The van der Waals surface area contributed by atoms with Gasteiger partial charge in [0.25, 0.3) is 0 Å². The summed E-state index contributed by atoms with van der Waals surface area (Å²) in [7, 11) is 0. The Labute approximate surface area is 209 Å². The third-order valence-corrected chi connectivity index (χ3v) is 5.90. The molecule has 0 heterocycles. The van der Waals surface area contributed by atoms with Gasteiger partial charge >= 0.3 is 5.97 Å². The number of rotatable bonds is 17. The Bertz CT molecular complexity index is 813. The minimum absolute atomic E-state index is 0.129. The number of benzene rings is 1. The third-order valence-electron chi connectivity index (χ3n) is 5.25. The van der Waals surface area contributed by atoms with Crippen LogP contribution < -0.4 is 27.4 Å². The average Bonchev–Trinajstić information content (AvgIpc) is 2.85. The number of aliphatic hydroxyl groups is 1. The summed E-state index contributed by atoms with van der Waals surface area (Å²) in [6.07, 6.45) is 3.61. The molecule has 0 bridgehead atoms. The van der Waals surface area contributed by atoms with Gasteiger partial charge in [0.2, 0.25) is 17.7 Å². The number of carbonyl (C=O) groups is 4. The molecule has 0 radical (unpaired) electrons. The fourth-order valence-electron chi connectivity index (χ4n) is 3.22. The van der Waals surface area contributed by atoms with Gasteiger partial charge in [-0.2, -0.15) is 11.8 Å². The van der Waals surface area contributed by atoms with Crippen LogP contribution in [0.25, 0.3) is 0 Å². The maximum Gasteiger partial charge on any atom is 0.326 e. The van der Waals surface area contributed by atoms with Crippen molar-refractivity contribution in [2.75, 3.05) is 25.2 Å². The first kappa shape index (κ1) is 30.4. The number of nitrogens with one attached hydrogen (secondary N) is 3. The molecule has 9 N–H and O–H groups in total. The van der Waals surface area contributed by atoms with Gasteiger partial charge in [-0.1, -0.05) is 30.3 Å². The topological polar surface area (TPSA) is 197 Å². The molecule has 196 valence electrons. The molecule has 0 aliphatic rings. The van der Waals surface area contributed by atoms with Gasteiger partial charge in [-0.15, -0.1) is 0 Å². The number of amides is 3. The fourth-order valence-corrected chi connectivity index (χ4v) is 3.69. The number of hydrogen-bond acceptors (Lipinski definition) is 8. The summed E-state index contributed by atoms with van der Waals surface area (Å²) in [6, 6.07) is 4.58. The monoisotopic (exact) mass is 511 g/mol. The van der Waals surface area contributed by atoms with E-state index in [4.69, 9.17) is 11.5 Å². The van der Waals surface area contributed by atoms with Crippen molar-refractivity contribution >= 4 is 35.5 Å². The lowest BCUT2D eigenvalue weighted by molar-refractivity contribution is -0.142. The van der Waals surface area contributed by atoms with Gasteiger partial charge in [-0.3, -0.25) is 14.4 Å². The standard InChI is InChI=1S/C23H37N5O6S/c1-35-12-10-17(21(31)27-18(23(33)34)9-5-6-11-24)26-22(32)19(28-20(30)16(25)14-29)13-15-7-3-2-4-8-15/h2-4,7-8,16-19,29H,5-6,9-14,24-25H2,1H3,(H,26,32)(H,27,31)(H,28,30)(H,33,34). The van der Waals surface area contributed by atoms with E-state index < -0.39 is 54.5 Å². The van der Waals surface area contributed by atoms with E-state index in [9.17, 15) is 29.4 Å². The predicted molar refractivity (Wildman–Crippen MR) is 135 cm³/mol. The number of hydrogen-bond donors (Lipinski definition) is 7. The van der Waals surface area contributed by atoms with E-state index in [1.54, 1.807) is 24.3 Å². The number of aliphatic carboxylic acids is 1. The van der Waals surface area contributed by atoms with Crippen molar-refractivity contribution in [2.45, 2.75) is 56.3 Å². The van der Waals surface area contributed by atoms with Crippen molar-refractivity contribution in [3.05, 3.63) is 35.9 Å². The molecule has 0 fully saturated rings. The smallest absolute Gasteiger partial charge is 0.326 e. The number of carboxylic acid groups (broad SMARTS) is 1. The van der Waals surface area contributed by atoms with Gasteiger partial charge in [0.05, 0.1) is 6.61 Å². The van der Waals surface area contributed by atoms with Crippen molar-refractivity contribution in [3.63, 3.8) is 0 Å². The summed E-state index contributed by atoms with van der Waals surface area (Å²) in [5, 5.41) is 26.3. The molecule has 12 heteroatoms. The average molecular weight is 512 g/mol. The van der Waals surface area contributed by atoms with Crippen LogP contribution in [0.4, 0.5) is 0 Å². The molecule has 11 nitrogen and oxygen atoms in total. The van der Waals surface area contributed by atoms with E-state index in [0.717, 1.165) is 5.56 Å². The summed E-state index contributed by atoms with van der Waals surface area (Å²) < 4.78 is 0. The lowest BCUT2D eigenvalue weighted by Crippen LogP contribution is -2.58. The first-order valence-electron chi connectivity index (χ1n) is 11.5. The maximum atomic E-state index is 13.2. The summed E-state index contributed by atoms with van der Waals surface area (Å²) in [4.78, 5) is 50.0. The van der Waals surface area contributed by atoms with Crippen LogP contribution in [0.1, 0.15) is 31.2 Å². The molecule has 1 aromatic rings. The molecular weight excluding hydrogens is 474 g/mol. The summed E-state index contributed by atoms with van der Waals surface area (Å²) in [5.74, 6) is -2.58. The largest absolute Gasteiger partial charge is 0.480 e. The number of thioether (sulfide) groups is 1. The SMILES string of the molecule is CSCCC(NC(=O)C(Cc1ccccc1)NC(=O)C(N)CO)C(=O)NC(CCCCN)C(=O)O. The lowest BCUT2D eigenvalue weighted by Gasteiger charge is -2.25. The molecule has 1 rings (SSSR count). The number of nitrogens with two attached hydrogens (primary N) is 2. The molecule has 0 aromatic heterocycles. The minimum Gasteiger partial charge on any atom is -0.480 e. The second kappa shape index (κ2) is 16.9. The zero-order chi connectivity index (χ0) is 26.2. The van der Waals surface area contributed by atoms with Crippen LogP contribution in [0.2, 0.25) is 0 Å². The van der Waals surface area contributed by atoms with Gasteiger partial charge in [-0.05, 0) is 49.8 Å². The molecule has 0 saturated heterocycles. The van der Waals surface area contributed by atoms with Crippen LogP contribution in [-0.2, 0) is 25.6 Å². The van der Waals surface area contributed by atoms with E-state index in [-0.39, 0.29) is 19.3 Å². The number of carboxylic acids is 1. The van der Waals surface area contributed by atoms with Crippen LogP contribution in [0.3, 0.4) is 0 Å². The first-order valence-corrected chi connectivity index (χ1v) is 12.9. The number of carbonyl (C=O) groups excluding carboxylic acids is 3. The van der Waals surface area contributed by atoms with Crippen LogP contribution in [0.15, 0.2) is 30.3 Å². The zero-order valence-corrected chi connectivity index (χ0v) is 20.8. The highest BCUT2D eigenvalue weighted by atomic mass is 32.2. The Kier molecular flexibility index (Phi) is 14.6. The normalized spacial score (nSPS) is 14.3. The van der Waals surface area contributed by atoms with Gasteiger partial charge in [-0.25, -0.2) is 4.79 Å². The molecule has 4 atom stereocenters. The van der Waals surface area contributed by atoms with Crippen molar-refractivity contribution < 1.29 is 29.4 Å². The molecule has 4 unspecified atom stereocenters. The second-order valence-corrected chi connectivity index (χ2v) is 9.05. The quantitative estimate of drug-likeness (QED) is 0.128. The van der Waals surface area contributed by atoms with E-state index in [1.165, 1.54) is 11.8 Å². The third kappa shape index (κ3) is 11.5. The highest BCUT2D eigenvalue weighted by Gasteiger charge is 2.30. The van der Waals surface area contributed by atoms with Gasteiger partial charge in [0.15, 0.2) is 0 Å². The highest BCUT2D eigenvalue weighted by Crippen LogP contribution is 2.08. The van der Waals surface area contributed by atoms with E-state index in [0.29, 0.717) is 25.1 Å². The van der Waals surface area contributed by atoms with Crippen molar-refractivity contribution in [1.82, 2.24) is 16.0 Å². The zero-order valence-electron chi connectivity index (χ0n) is 19.9. The molecular formula is C23H37N5O6S. The van der Waals surface area contributed by atoms with Crippen LogP contribution in [-0.4, -0.2) is 83.2 Å². The molecule has 0 aliphatic heterocycles. The van der Waals surface area contributed by atoms with Gasteiger partial charge < -0.3 is 37.6 Å². The Morgan fingerprint density at radius 1 is 0.914 bits per heavy atom. The van der Waals surface area contributed by atoms with Crippen molar-refractivity contribution in [1.29, 1.82) is 0 Å². The Hall–Kier alpha value is -2.67. The predicted octanol–water partition coefficient (Wildman–Crippen LogP) is -1.03. The van der Waals surface area contributed by atoms with Gasteiger partial charge in [0, 0.05) is 6.42 Å². The Morgan fingerprint density at radius 2 is 1.51 bits per heavy atom. The molecule has 0 aliphatic carbocycles. The summed E-state index contributed by atoms with van der Waals surface area (Å²) in [5.41, 5.74) is 11.8.